The van der Waals surface area contributed by atoms with Crippen molar-refractivity contribution in [3.05, 3.63) is 61.9 Å². The van der Waals surface area contributed by atoms with E-state index >= 15 is 0 Å². The van der Waals surface area contributed by atoms with Gasteiger partial charge in [0.1, 0.15) is 0 Å². The molecule has 0 heterocycles. The zero-order valence-electron chi connectivity index (χ0n) is 9.66. The molecule has 0 aromatic carbocycles. The molecule has 3 heteroatoms. The molecule has 0 unspecified atom stereocenters. The molecule has 0 radical (unpaired) electrons. The predicted octanol–water partition coefficient (Wildman–Crippen LogP) is 2.99. The van der Waals surface area contributed by atoms with Crippen LogP contribution in [-0.2, 0) is 0 Å². The van der Waals surface area contributed by atoms with Gasteiger partial charge in [0.2, 0.25) is 0 Å². The predicted molar refractivity (Wildman–Crippen MR) is 73.1 cm³/mol. The van der Waals surface area contributed by atoms with Crippen molar-refractivity contribution in [2.45, 2.75) is 6.92 Å². The molecule has 0 fully saturated rings. The van der Waals surface area contributed by atoms with Crippen LogP contribution in [0.1, 0.15) is 6.92 Å². The Morgan fingerprint density at radius 3 is 1.69 bits per heavy atom. The zero-order chi connectivity index (χ0) is 13.0. The van der Waals surface area contributed by atoms with Crippen LogP contribution < -0.4 is 5.73 Å². The highest BCUT2D eigenvalue weighted by molar-refractivity contribution is 6.48. The molecule has 1 aliphatic carbocycles. The monoisotopic (exact) mass is 217 g/mol. The summed E-state index contributed by atoms with van der Waals surface area (Å²) in [6, 6.07) is 0. The first-order valence-corrected chi connectivity index (χ1v) is 4.68. The SMILES string of the molecule is C=C.C=C/C(N)=C\C.N=C1C=CC=CC1=N. The fraction of sp³-hybridized carbons (Fsp3) is 0.0769. The van der Waals surface area contributed by atoms with E-state index in [1.54, 1.807) is 36.5 Å². The summed E-state index contributed by atoms with van der Waals surface area (Å²) in [5.74, 6) is 0. The summed E-state index contributed by atoms with van der Waals surface area (Å²) in [6.45, 7) is 11.3. The average molecular weight is 217 g/mol. The lowest BCUT2D eigenvalue weighted by Gasteiger charge is -1.96. The van der Waals surface area contributed by atoms with Crippen molar-refractivity contribution in [3.63, 3.8) is 0 Å². The molecule has 1 rings (SSSR count). The number of nitrogens with two attached hydrogens (primary N) is 1. The number of hydrogen-bond donors (Lipinski definition) is 3. The van der Waals surface area contributed by atoms with Gasteiger partial charge in [-0.3, -0.25) is 10.8 Å². The van der Waals surface area contributed by atoms with Crippen LogP contribution in [0.15, 0.2) is 61.9 Å². The quantitative estimate of drug-likeness (QED) is 0.352. The molecule has 0 bridgehead atoms. The smallest absolute Gasteiger partial charge is 0.0789 e. The van der Waals surface area contributed by atoms with Crippen LogP contribution in [0.4, 0.5) is 0 Å². The van der Waals surface area contributed by atoms with Crippen molar-refractivity contribution in [2.75, 3.05) is 0 Å². The summed E-state index contributed by atoms with van der Waals surface area (Å²) >= 11 is 0. The number of rotatable bonds is 1. The van der Waals surface area contributed by atoms with Crippen molar-refractivity contribution in [3.8, 4) is 0 Å². The van der Waals surface area contributed by atoms with E-state index in [9.17, 15) is 0 Å². The van der Waals surface area contributed by atoms with Crippen LogP contribution in [-0.4, -0.2) is 11.4 Å². The summed E-state index contributed by atoms with van der Waals surface area (Å²) in [4.78, 5) is 0. The molecule has 0 amide bonds. The zero-order valence-corrected chi connectivity index (χ0v) is 9.66. The van der Waals surface area contributed by atoms with Crippen molar-refractivity contribution >= 4 is 11.4 Å². The summed E-state index contributed by atoms with van der Waals surface area (Å²) in [5.41, 5.74) is 6.52. The van der Waals surface area contributed by atoms with Gasteiger partial charge in [0.05, 0.1) is 11.4 Å². The lowest BCUT2D eigenvalue weighted by atomic mass is 10.1. The van der Waals surface area contributed by atoms with Gasteiger partial charge in [-0.05, 0) is 25.2 Å². The molecular weight excluding hydrogens is 198 g/mol. The molecule has 0 spiro atoms. The van der Waals surface area contributed by atoms with Crippen LogP contribution in [0.3, 0.4) is 0 Å². The minimum Gasteiger partial charge on any atom is -0.399 e. The van der Waals surface area contributed by atoms with E-state index in [1.165, 1.54) is 0 Å². The highest BCUT2D eigenvalue weighted by atomic mass is 14.5. The third-order valence-corrected chi connectivity index (χ3v) is 1.50. The van der Waals surface area contributed by atoms with Gasteiger partial charge in [0.25, 0.3) is 0 Å². The number of allylic oxidation sites excluding steroid dienone is 6. The summed E-state index contributed by atoms with van der Waals surface area (Å²) in [6.07, 6.45) is 10.1. The Kier molecular flexibility index (Phi) is 11.1. The molecule has 0 atom stereocenters. The molecule has 86 valence electrons. The van der Waals surface area contributed by atoms with Gasteiger partial charge in [-0.2, -0.15) is 0 Å². The molecular formula is C13H19N3. The second-order valence-corrected chi connectivity index (χ2v) is 2.54. The average Bonchev–Trinajstić information content (AvgIpc) is 2.35. The van der Waals surface area contributed by atoms with E-state index in [-0.39, 0.29) is 11.4 Å². The molecule has 3 nitrogen and oxygen atoms in total. The highest BCUT2D eigenvalue weighted by Crippen LogP contribution is 1.91. The lowest BCUT2D eigenvalue weighted by Crippen LogP contribution is -2.06. The third-order valence-electron chi connectivity index (χ3n) is 1.50. The van der Waals surface area contributed by atoms with Crippen LogP contribution in [0, 0.1) is 10.8 Å². The van der Waals surface area contributed by atoms with Crippen LogP contribution >= 0.6 is 0 Å². The third kappa shape index (κ3) is 8.44. The largest absolute Gasteiger partial charge is 0.399 e. The molecule has 16 heavy (non-hydrogen) atoms. The maximum absolute atomic E-state index is 7.03. The van der Waals surface area contributed by atoms with E-state index in [2.05, 4.69) is 19.7 Å². The molecule has 0 aromatic heterocycles. The van der Waals surface area contributed by atoms with Crippen LogP contribution in [0.25, 0.3) is 0 Å². The number of nitrogens with one attached hydrogen (secondary N) is 2. The minimum absolute atomic E-state index is 0.285. The Balaban J connectivity index is 0. The normalized spacial score (nSPS) is 13.2. The Morgan fingerprint density at radius 2 is 1.56 bits per heavy atom. The van der Waals surface area contributed by atoms with Gasteiger partial charge >= 0.3 is 0 Å². The first kappa shape index (κ1) is 16.3. The van der Waals surface area contributed by atoms with Gasteiger partial charge < -0.3 is 5.73 Å². The van der Waals surface area contributed by atoms with Gasteiger partial charge in [-0.1, -0.05) is 24.8 Å². The summed E-state index contributed by atoms with van der Waals surface area (Å²) in [5, 5.41) is 14.1. The molecule has 1 aliphatic rings. The van der Waals surface area contributed by atoms with Gasteiger partial charge in [0.15, 0.2) is 0 Å². The lowest BCUT2D eigenvalue weighted by molar-refractivity contribution is 1.40. The van der Waals surface area contributed by atoms with E-state index in [1.807, 2.05) is 6.92 Å². The standard InChI is InChI=1S/C6H6N2.C5H9N.C2H4/c7-5-3-1-2-4-6(5)8;1-3-5(6)4-2;1-2/h1-4,7-8H;3-4H,1,6H2,2H3;1-2H2/b;5-4+;. The molecule has 0 aliphatic heterocycles. The molecule has 0 aromatic rings. The Bertz CT molecular complexity index is 311. The fourth-order valence-electron chi connectivity index (χ4n) is 0.601. The van der Waals surface area contributed by atoms with E-state index in [4.69, 9.17) is 16.6 Å². The first-order chi connectivity index (χ1) is 7.61. The minimum atomic E-state index is 0.285. The molecule has 4 N–H and O–H groups in total. The maximum atomic E-state index is 7.03. The van der Waals surface area contributed by atoms with Gasteiger partial charge in [0, 0.05) is 5.70 Å². The Hall–Kier alpha value is -2.16. The first-order valence-electron chi connectivity index (χ1n) is 4.68. The van der Waals surface area contributed by atoms with Crippen LogP contribution in [0.2, 0.25) is 0 Å². The van der Waals surface area contributed by atoms with Crippen molar-refractivity contribution in [2.24, 2.45) is 5.73 Å². The van der Waals surface area contributed by atoms with E-state index in [0.717, 1.165) is 5.70 Å². The highest BCUT2D eigenvalue weighted by Gasteiger charge is 1.97. The maximum Gasteiger partial charge on any atom is 0.0789 e. The molecule has 0 saturated heterocycles. The Morgan fingerprint density at radius 1 is 1.19 bits per heavy atom. The number of hydrogen-bond acceptors (Lipinski definition) is 3. The topological polar surface area (TPSA) is 73.7 Å². The van der Waals surface area contributed by atoms with Crippen LogP contribution in [0.5, 0.6) is 0 Å². The van der Waals surface area contributed by atoms with Crippen molar-refractivity contribution in [1.82, 2.24) is 0 Å². The van der Waals surface area contributed by atoms with E-state index in [0.29, 0.717) is 0 Å². The van der Waals surface area contributed by atoms with Crippen molar-refractivity contribution in [1.29, 1.82) is 10.8 Å². The molecule has 0 saturated carbocycles. The Labute approximate surface area is 97.4 Å². The van der Waals surface area contributed by atoms with E-state index < -0.39 is 0 Å². The fourth-order valence-corrected chi connectivity index (χ4v) is 0.601. The van der Waals surface area contributed by atoms with Gasteiger partial charge in [-0.25, -0.2) is 0 Å². The second-order valence-electron chi connectivity index (χ2n) is 2.54. The summed E-state index contributed by atoms with van der Waals surface area (Å²) < 4.78 is 0. The second kappa shape index (κ2) is 10.9. The summed E-state index contributed by atoms with van der Waals surface area (Å²) in [7, 11) is 0. The van der Waals surface area contributed by atoms with Crippen molar-refractivity contribution < 1.29 is 0 Å². The van der Waals surface area contributed by atoms with Gasteiger partial charge in [-0.15, -0.1) is 13.2 Å².